The molecule has 2 aliphatic carbocycles. The molecule has 0 aromatic heterocycles. The van der Waals surface area contributed by atoms with E-state index in [2.05, 4.69) is 10.6 Å². The fourth-order valence-electron chi connectivity index (χ4n) is 6.06. The van der Waals surface area contributed by atoms with Crippen LogP contribution in [0.5, 0.6) is 0 Å². The molecule has 2 fully saturated rings. The van der Waals surface area contributed by atoms with E-state index in [0.717, 1.165) is 43.4 Å². The lowest BCUT2D eigenvalue weighted by Gasteiger charge is -2.46. The third kappa shape index (κ3) is 5.97. The minimum atomic E-state index is -4.49. The summed E-state index contributed by atoms with van der Waals surface area (Å²) in [7, 11) is 0. The smallest absolute Gasteiger partial charge is 0.416 e. The number of halogens is 3. The van der Waals surface area contributed by atoms with Crippen LogP contribution in [0.15, 0.2) is 48.5 Å². The Bertz CT molecular complexity index is 1160. The van der Waals surface area contributed by atoms with Gasteiger partial charge in [-0.3, -0.25) is 9.59 Å². The molecule has 0 aliphatic heterocycles. The maximum absolute atomic E-state index is 13.3. The highest BCUT2D eigenvalue weighted by molar-refractivity contribution is 5.99. The maximum atomic E-state index is 13.3. The van der Waals surface area contributed by atoms with E-state index in [9.17, 15) is 32.7 Å². The lowest BCUT2D eigenvalue weighted by Crippen LogP contribution is -2.46. The van der Waals surface area contributed by atoms with Crippen molar-refractivity contribution in [1.29, 1.82) is 0 Å². The first-order valence-electron chi connectivity index (χ1n) is 12.6. The van der Waals surface area contributed by atoms with E-state index in [1.54, 1.807) is 12.1 Å². The van der Waals surface area contributed by atoms with Gasteiger partial charge in [0.15, 0.2) is 0 Å². The minimum Gasteiger partial charge on any atom is -0.481 e. The number of hydrogen-bond donors (Lipinski definition) is 3. The van der Waals surface area contributed by atoms with Gasteiger partial charge in [-0.05, 0) is 86.3 Å². The topological polar surface area (TPSA) is 95.5 Å². The summed E-state index contributed by atoms with van der Waals surface area (Å²) in [6.07, 6.45) is -0.115. The Morgan fingerprint density at radius 2 is 1.73 bits per heavy atom. The Morgan fingerprint density at radius 1 is 1.03 bits per heavy atom. The van der Waals surface area contributed by atoms with Gasteiger partial charge in [-0.15, -0.1) is 0 Å². The predicted octanol–water partition coefficient (Wildman–Crippen LogP) is 7.08. The van der Waals surface area contributed by atoms with Gasteiger partial charge in [-0.2, -0.15) is 13.2 Å². The number of urea groups is 1. The van der Waals surface area contributed by atoms with Crippen molar-refractivity contribution in [2.75, 3.05) is 10.6 Å². The van der Waals surface area contributed by atoms with E-state index in [-0.39, 0.29) is 35.6 Å². The highest BCUT2D eigenvalue weighted by atomic mass is 19.4. The van der Waals surface area contributed by atoms with Gasteiger partial charge in [-0.25, -0.2) is 4.79 Å². The van der Waals surface area contributed by atoms with Crippen LogP contribution in [0.3, 0.4) is 0 Å². The molecule has 0 heterocycles. The molecule has 2 aliphatic rings. The number of aliphatic carboxylic acids is 1. The Kier molecular flexibility index (Phi) is 7.62. The van der Waals surface area contributed by atoms with Crippen LogP contribution in [-0.4, -0.2) is 22.9 Å². The summed E-state index contributed by atoms with van der Waals surface area (Å²) in [6.45, 7) is 1.91. The first-order chi connectivity index (χ1) is 17.5. The molecule has 4 rings (SSSR count). The number of amides is 2. The van der Waals surface area contributed by atoms with Gasteiger partial charge < -0.3 is 15.7 Å². The number of carbonyl (C=O) groups excluding carboxylic acids is 2. The number of carboxylic acids is 1. The molecule has 2 aromatic rings. The molecular formula is C28H31F3N2O4. The minimum absolute atomic E-state index is 0.0400. The van der Waals surface area contributed by atoms with E-state index < -0.39 is 29.2 Å². The van der Waals surface area contributed by atoms with E-state index in [4.69, 9.17) is 0 Å². The average molecular weight is 517 g/mol. The quantitative estimate of drug-likeness (QED) is 0.382. The predicted molar refractivity (Wildman–Crippen MR) is 133 cm³/mol. The van der Waals surface area contributed by atoms with Gasteiger partial charge in [0.2, 0.25) is 0 Å². The van der Waals surface area contributed by atoms with Gasteiger partial charge in [-0.1, -0.05) is 25.1 Å². The Hall–Kier alpha value is -3.36. The second-order valence-electron chi connectivity index (χ2n) is 10.3. The zero-order valence-corrected chi connectivity index (χ0v) is 20.6. The number of fused-ring (bicyclic) bond motifs is 1. The van der Waals surface area contributed by atoms with Crippen molar-refractivity contribution < 1.29 is 32.7 Å². The Labute approximate surface area is 213 Å². The molecule has 3 unspecified atom stereocenters. The van der Waals surface area contributed by atoms with Crippen LogP contribution in [0.25, 0.3) is 0 Å². The average Bonchev–Trinajstić information content (AvgIpc) is 2.85. The fraction of sp³-hybridized carbons (Fsp3) is 0.464. The second kappa shape index (κ2) is 10.6. The maximum Gasteiger partial charge on any atom is 0.416 e. The first kappa shape index (κ1) is 26.7. The van der Waals surface area contributed by atoms with Crippen molar-refractivity contribution >= 4 is 29.2 Å². The first-order valence-corrected chi connectivity index (χ1v) is 12.6. The largest absolute Gasteiger partial charge is 0.481 e. The number of rotatable bonds is 6. The molecule has 0 saturated heterocycles. The second-order valence-corrected chi connectivity index (χ2v) is 10.3. The summed E-state index contributed by atoms with van der Waals surface area (Å²) in [4.78, 5) is 36.9. The molecule has 37 heavy (non-hydrogen) atoms. The molecule has 2 amide bonds. The molecule has 2 aromatic carbocycles. The third-order valence-corrected chi connectivity index (χ3v) is 8.09. The van der Waals surface area contributed by atoms with Gasteiger partial charge in [0.1, 0.15) is 5.78 Å². The van der Waals surface area contributed by atoms with E-state index in [0.29, 0.717) is 18.5 Å². The van der Waals surface area contributed by atoms with Gasteiger partial charge in [0.25, 0.3) is 0 Å². The number of ketones is 1. The molecular weight excluding hydrogens is 485 g/mol. The Morgan fingerprint density at radius 3 is 2.38 bits per heavy atom. The number of carboxylic acid groups (broad SMARTS) is 1. The van der Waals surface area contributed by atoms with E-state index >= 15 is 0 Å². The number of nitrogens with one attached hydrogen (secondary N) is 2. The van der Waals surface area contributed by atoms with Crippen molar-refractivity contribution in [3.63, 3.8) is 0 Å². The molecule has 2 saturated carbocycles. The molecule has 9 heteroatoms. The zero-order chi connectivity index (χ0) is 26.8. The third-order valence-electron chi connectivity index (χ3n) is 8.09. The van der Waals surface area contributed by atoms with Crippen LogP contribution in [0.4, 0.5) is 29.3 Å². The van der Waals surface area contributed by atoms with E-state index in [1.807, 2.05) is 19.1 Å². The summed E-state index contributed by atoms with van der Waals surface area (Å²) >= 11 is 0. The number of carbonyl (C=O) groups is 3. The van der Waals surface area contributed by atoms with Crippen LogP contribution < -0.4 is 10.6 Å². The van der Waals surface area contributed by atoms with Crippen LogP contribution in [-0.2, 0) is 15.8 Å². The zero-order valence-electron chi connectivity index (χ0n) is 20.6. The number of benzene rings is 2. The highest BCUT2D eigenvalue weighted by Crippen LogP contribution is 2.51. The van der Waals surface area contributed by atoms with Crippen molar-refractivity contribution in [3.8, 4) is 0 Å². The van der Waals surface area contributed by atoms with Crippen molar-refractivity contribution in [1.82, 2.24) is 0 Å². The van der Waals surface area contributed by atoms with Crippen molar-refractivity contribution in [2.45, 2.75) is 64.0 Å². The number of hydrogen-bond acceptors (Lipinski definition) is 3. The summed E-state index contributed by atoms with van der Waals surface area (Å²) in [5.41, 5.74) is 0.0789. The van der Waals surface area contributed by atoms with Crippen molar-refractivity contribution in [2.24, 2.45) is 17.3 Å². The summed E-state index contributed by atoms with van der Waals surface area (Å²) in [5, 5.41) is 14.4. The Balaban J connectivity index is 1.35. The number of alkyl halides is 3. The molecule has 3 N–H and O–H groups in total. The van der Waals surface area contributed by atoms with Gasteiger partial charge >= 0.3 is 18.2 Å². The highest BCUT2D eigenvalue weighted by Gasteiger charge is 2.50. The summed E-state index contributed by atoms with van der Waals surface area (Å²) in [6, 6.07) is 11.2. The molecule has 198 valence electrons. The summed E-state index contributed by atoms with van der Waals surface area (Å²) in [5.74, 6) is -0.353. The normalized spacial score (nSPS) is 25.7. The van der Waals surface area contributed by atoms with Crippen molar-refractivity contribution in [3.05, 3.63) is 59.7 Å². The number of anilines is 2. The van der Waals surface area contributed by atoms with Crippen LogP contribution in [0.1, 0.15) is 68.9 Å². The van der Waals surface area contributed by atoms with E-state index in [1.165, 1.54) is 12.1 Å². The monoisotopic (exact) mass is 516 g/mol. The van der Waals surface area contributed by atoms with Crippen LogP contribution in [0, 0.1) is 17.3 Å². The molecule has 0 bridgehead atoms. The molecule has 4 atom stereocenters. The standard InChI is InChI=1S/C28H31F3N2O4/c1-2-27(16-24(34)35)13-12-19-14-18(8-11-23(19)25(27)36)17-6-9-21(10-7-17)32-26(37)33-22-5-3-4-20(15-22)28(29,30)31/h3-7,9-10,15,18-19,23H,2,8,11-14,16H2,1H3,(H,34,35)(H2,32,33,37)/t18?,19?,23?,27-/m1/s1. The number of Topliss-reactive ketones (excluding diaryl/α,β-unsaturated/α-hetero) is 1. The van der Waals surface area contributed by atoms with Crippen LogP contribution in [0.2, 0.25) is 0 Å². The van der Waals surface area contributed by atoms with Gasteiger partial charge in [0.05, 0.1) is 12.0 Å². The van der Waals surface area contributed by atoms with Crippen LogP contribution >= 0.6 is 0 Å². The van der Waals surface area contributed by atoms with Gasteiger partial charge in [0, 0.05) is 22.7 Å². The summed E-state index contributed by atoms with van der Waals surface area (Å²) < 4.78 is 38.7. The molecule has 6 nitrogen and oxygen atoms in total. The molecule has 0 radical (unpaired) electrons. The SMILES string of the molecule is CC[C@]1(CC(=O)O)CCC2CC(c3ccc(NC(=O)Nc4cccc(C(F)(F)F)c4)cc3)CCC2C1=O. The lowest BCUT2D eigenvalue weighted by atomic mass is 9.56. The fourth-order valence-corrected chi connectivity index (χ4v) is 6.06. The molecule has 0 spiro atoms. The lowest BCUT2D eigenvalue weighted by molar-refractivity contribution is -0.151.